The predicted octanol–water partition coefficient (Wildman–Crippen LogP) is 2.65. The second-order valence-corrected chi connectivity index (χ2v) is 5.31. The number of halogens is 2. The highest BCUT2D eigenvalue weighted by molar-refractivity contribution is 9.10. The molecule has 17 heavy (non-hydrogen) atoms. The summed E-state index contributed by atoms with van der Waals surface area (Å²) in [6.45, 7) is 0. The van der Waals surface area contributed by atoms with Gasteiger partial charge in [0.25, 0.3) is 0 Å². The molecule has 0 aliphatic heterocycles. The molecule has 0 bridgehead atoms. The monoisotopic (exact) mass is 300 g/mol. The normalized spacial score (nSPS) is 16.6. The van der Waals surface area contributed by atoms with Gasteiger partial charge in [-0.3, -0.25) is 4.79 Å². The molecule has 1 aromatic carbocycles. The molecule has 0 spiro atoms. The average Bonchev–Trinajstić information content (AvgIpc) is 3.07. The largest absolute Gasteiger partial charge is 0.322 e. The Morgan fingerprint density at radius 2 is 2.29 bits per heavy atom. The van der Waals surface area contributed by atoms with Crippen molar-refractivity contribution in [1.82, 2.24) is 0 Å². The molecule has 0 saturated heterocycles. The van der Waals surface area contributed by atoms with Crippen LogP contribution in [0.25, 0.3) is 0 Å². The molecule has 1 amide bonds. The Morgan fingerprint density at radius 1 is 1.59 bits per heavy atom. The van der Waals surface area contributed by atoms with Gasteiger partial charge in [0.15, 0.2) is 0 Å². The van der Waals surface area contributed by atoms with Crippen LogP contribution >= 0.6 is 15.9 Å². The molecule has 1 unspecified atom stereocenters. The quantitative estimate of drug-likeness (QED) is 0.898. The van der Waals surface area contributed by atoms with Crippen LogP contribution in [0.5, 0.6) is 0 Å². The van der Waals surface area contributed by atoms with Crippen molar-refractivity contribution < 1.29 is 9.18 Å². The summed E-state index contributed by atoms with van der Waals surface area (Å²) in [7, 11) is 0. The van der Waals surface area contributed by atoms with Gasteiger partial charge in [0.1, 0.15) is 5.82 Å². The number of carbonyl (C=O) groups is 1. The van der Waals surface area contributed by atoms with Crippen molar-refractivity contribution in [3.8, 4) is 0 Å². The first-order valence-corrected chi connectivity index (χ1v) is 6.37. The maximum Gasteiger partial charge on any atom is 0.241 e. The molecule has 2 rings (SSSR count). The molecule has 5 heteroatoms. The van der Waals surface area contributed by atoms with Gasteiger partial charge < -0.3 is 11.1 Å². The zero-order chi connectivity index (χ0) is 12.4. The van der Waals surface area contributed by atoms with Crippen LogP contribution in [-0.2, 0) is 4.79 Å². The number of carbonyl (C=O) groups excluding carboxylic acids is 1. The number of nitrogens with two attached hydrogens (primary N) is 1. The molecule has 0 radical (unpaired) electrons. The van der Waals surface area contributed by atoms with Crippen LogP contribution < -0.4 is 11.1 Å². The minimum absolute atomic E-state index is 0.163. The maximum atomic E-state index is 13.4. The first-order chi connectivity index (χ1) is 8.06. The molecule has 0 aromatic heterocycles. The third-order valence-electron chi connectivity index (χ3n) is 2.81. The van der Waals surface area contributed by atoms with Crippen LogP contribution in [0.1, 0.15) is 19.3 Å². The van der Waals surface area contributed by atoms with Crippen molar-refractivity contribution in [3.63, 3.8) is 0 Å². The number of hydrogen-bond donors (Lipinski definition) is 2. The second-order valence-electron chi connectivity index (χ2n) is 4.40. The van der Waals surface area contributed by atoms with Gasteiger partial charge in [-0.05, 0) is 30.5 Å². The van der Waals surface area contributed by atoms with E-state index in [1.807, 2.05) is 0 Å². The molecular formula is C12H14BrFN2O. The summed E-state index contributed by atoms with van der Waals surface area (Å²) in [5.74, 6) is -0.211. The minimum Gasteiger partial charge on any atom is -0.322 e. The van der Waals surface area contributed by atoms with E-state index in [1.54, 1.807) is 6.07 Å². The van der Waals surface area contributed by atoms with Crippen LogP contribution in [0.3, 0.4) is 0 Å². The van der Waals surface area contributed by atoms with E-state index < -0.39 is 11.9 Å². The molecule has 0 heterocycles. The lowest BCUT2D eigenvalue weighted by atomic mass is 10.1. The SMILES string of the molecule is NC(CC1CC1)C(=O)Nc1cc(Br)ccc1F. The molecule has 1 atom stereocenters. The maximum absolute atomic E-state index is 13.4. The van der Waals surface area contributed by atoms with E-state index in [0.29, 0.717) is 16.8 Å². The van der Waals surface area contributed by atoms with E-state index in [4.69, 9.17) is 5.73 Å². The Bertz CT molecular complexity index is 435. The van der Waals surface area contributed by atoms with E-state index in [-0.39, 0.29) is 11.6 Å². The number of hydrogen-bond acceptors (Lipinski definition) is 2. The highest BCUT2D eigenvalue weighted by Crippen LogP contribution is 2.33. The molecule has 1 aliphatic carbocycles. The highest BCUT2D eigenvalue weighted by Gasteiger charge is 2.27. The van der Waals surface area contributed by atoms with Gasteiger partial charge in [0.2, 0.25) is 5.91 Å². The lowest BCUT2D eigenvalue weighted by molar-refractivity contribution is -0.117. The smallest absolute Gasteiger partial charge is 0.241 e. The van der Waals surface area contributed by atoms with Crippen molar-refractivity contribution >= 4 is 27.5 Å². The van der Waals surface area contributed by atoms with Crippen molar-refractivity contribution in [2.45, 2.75) is 25.3 Å². The van der Waals surface area contributed by atoms with Gasteiger partial charge in [-0.1, -0.05) is 28.8 Å². The highest BCUT2D eigenvalue weighted by atomic mass is 79.9. The van der Waals surface area contributed by atoms with Gasteiger partial charge in [-0.15, -0.1) is 0 Å². The third-order valence-corrected chi connectivity index (χ3v) is 3.30. The zero-order valence-electron chi connectivity index (χ0n) is 9.25. The molecular weight excluding hydrogens is 287 g/mol. The van der Waals surface area contributed by atoms with Crippen LogP contribution in [0.4, 0.5) is 10.1 Å². The molecule has 92 valence electrons. The number of benzene rings is 1. The molecule has 1 aliphatic rings. The van der Waals surface area contributed by atoms with Crippen molar-refractivity contribution in [2.24, 2.45) is 11.7 Å². The average molecular weight is 301 g/mol. The Kier molecular flexibility index (Phi) is 3.79. The Hall–Kier alpha value is -0.940. The summed E-state index contributed by atoms with van der Waals surface area (Å²) in [6, 6.07) is 3.85. The summed E-state index contributed by atoms with van der Waals surface area (Å²) >= 11 is 3.22. The second kappa shape index (κ2) is 5.14. The summed E-state index contributed by atoms with van der Waals surface area (Å²) in [5.41, 5.74) is 5.91. The van der Waals surface area contributed by atoms with Crippen LogP contribution in [0, 0.1) is 11.7 Å². The minimum atomic E-state index is -0.555. The molecule has 3 nitrogen and oxygen atoms in total. The van der Waals surface area contributed by atoms with Crippen LogP contribution in [0.15, 0.2) is 22.7 Å². The fourth-order valence-corrected chi connectivity index (χ4v) is 2.00. The van der Waals surface area contributed by atoms with E-state index in [1.165, 1.54) is 12.1 Å². The molecule has 1 aromatic rings. The van der Waals surface area contributed by atoms with Gasteiger partial charge in [-0.2, -0.15) is 0 Å². The van der Waals surface area contributed by atoms with E-state index in [9.17, 15) is 9.18 Å². The molecule has 3 N–H and O–H groups in total. The zero-order valence-corrected chi connectivity index (χ0v) is 10.8. The van der Waals surface area contributed by atoms with Gasteiger partial charge in [0, 0.05) is 4.47 Å². The number of amides is 1. The van der Waals surface area contributed by atoms with Gasteiger partial charge in [-0.25, -0.2) is 4.39 Å². The lowest BCUT2D eigenvalue weighted by Gasteiger charge is -2.12. The summed E-state index contributed by atoms with van der Waals surface area (Å²) in [6.07, 6.45) is 2.97. The Morgan fingerprint density at radius 3 is 2.94 bits per heavy atom. The predicted molar refractivity (Wildman–Crippen MR) is 68.0 cm³/mol. The van der Waals surface area contributed by atoms with Crippen molar-refractivity contribution in [1.29, 1.82) is 0 Å². The van der Waals surface area contributed by atoms with E-state index in [2.05, 4.69) is 21.2 Å². The molecule has 1 saturated carbocycles. The molecule has 1 fully saturated rings. The van der Waals surface area contributed by atoms with Gasteiger partial charge in [0.05, 0.1) is 11.7 Å². The van der Waals surface area contributed by atoms with Crippen LogP contribution in [-0.4, -0.2) is 11.9 Å². The fraction of sp³-hybridized carbons (Fsp3) is 0.417. The number of rotatable bonds is 4. The first kappa shape index (κ1) is 12.5. The number of anilines is 1. The van der Waals surface area contributed by atoms with Crippen molar-refractivity contribution in [3.05, 3.63) is 28.5 Å². The number of nitrogens with one attached hydrogen (secondary N) is 1. The Balaban J connectivity index is 1.98. The third kappa shape index (κ3) is 3.51. The van der Waals surface area contributed by atoms with Crippen molar-refractivity contribution in [2.75, 3.05) is 5.32 Å². The summed E-state index contributed by atoms with van der Waals surface area (Å²) < 4.78 is 14.1. The topological polar surface area (TPSA) is 55.1 Å². The Labute approximate surface area is 108 Å². The van der Waals surface area contributed by atoms with E-state index in [0.717, 1.165) is 12.8 Å². The fourth-order valence-electron chi connectivity index (χ4n) is 1.64. The standard InChI is InChI=1S/C12H14BrFN2O/c13-8-3-4-9(14)11(6-8)16-12(17)10(15)5-7-1-2-7/h3-4,6-7,10H,1-2,5,15H2,(H,16,17). The van der Waals surface area contributed by atoms with Crippen LogP contribution in [0.2, 0.25) is 0 Å². The summed E-state index contributed by atoms with van der Waals surface area (Å²) in [4.78, 5) is 11.7. The van der Waals surface area contributed by atoms with Gasteiger partial charge >= 0.3 is 0 Å². The first-order valence-electron chi connectivity index (χ1n) is 5.58. The van der Waals surface area contributed by atoms with E-state index >= 15 is 0 Å². The summed E-state index contributed by atoms with van der Waals surface area (Å²) in [5, 5.41) is 2.51. The lowest BCUT2D eigenvalue weighted by Crippen LogP contribution is -2.36.